The molecule has 118 valence electrons. The third-order valence-electron chi connectivity index (χ3n) is 4.17. The van der Waals surface area contributed by atoms with E-state index in [9.17, 15) is 4.79 Å². The molecule has 1 aromatic heterocycles. The number of hydrogen-bond acceptors (Lipinski definition) is 4. The normalized spacial score (nSPS) is 17.1. The lowest BCUT2D eigenvalue weighted by molar-refractivity contribution is -0.110. The lowest BCUT2D eigenvalue weighted by atomic mass is 10.0. The van der Waals surface area contributed by atoms with E-state index in [1.807, 2.05) is 54.6 Å². The number of aromatic nitrogens is 1. The number of allylic oxidation sites excluding steroid dienone is 2. The molecule has 1 aliphatic carbocycles. The number of anilines is 1. The summed E-state index contributed by atoms with van der Waals surface area (Å²) in [6, 6.07) is 15.9. The van der Waals surface area contributed by atoms with Crippen molar-refractivity contribution in [3.05, 3.63) is 72.5 Å². The van der Waals surface area contributed by atoms with E-state index in [0.29, 0.717) is 5.76 Å². The predicted molar refractivity (Wildman–Crippen MR) is 95.9 cm³/mol. The number of carbonyl (C=O) groups is 1. The predicted octanol–water partition coefficient (Wildman–Crippen LogP) is 3.84. The van der Waals surface area contributed by atoms with Gasteiger partial charge in [-0.15, -0.1) is 0 Å². The first kappa shape index (κ1) is 14.5. The molecule has 3 aromatic rings. The van der Waals surface area contributed by atoms with Crippen molar-refractivity contribution in [2.45, 2.75) is 6.04 Å². The second-order valence-electron chi connectivity index (χ2n) is 5.66. The lowest BCUT2D eigenvalue weighted by Gasteiger charge is -2.22. The van der Waals surface area contributed by atoms with Crippen LogP contribution in [-0.4, -0.2) is 23.9 Å². The van der Waals surface area contributed by atoms with Crippen molar-refractivity contribution in [3.63, 3.8) is 0 Å². The number of carbonyl (C=O) groups excluding carboxylic acids is 1. The van der Waals surface area contributed by atoms with Crippen LogP contribution in [0.2, 0.25) is 0 Å². The molecule has 0 radical (unpaired) electrons. The van der Waals surface area contributed by atoms with Gasteiger partial charge in [-0.25, -0.2) is 4.98 Å². The van der Waals surface area contributed by atoms with Gasteiger partial charge in [0.25, 0.3) is 0 Å². The SMILES string of the molecule is COC1=CC(=O)C=CC1Nc1c2ccccc2nc2ccccc12. The van der Waals surface area contributed by atoms with Gasteiger partial charge < -0.3 is 10.1 Å². The van der Waals surface area contributed by atoms with Gasteiger partial charge in [0.05, 0.1) is 23.8 Å². The van der Waals surface area contributed by atoms with E-state index in [-0.39, 0.29) is 11.8 Å². The average Bonchev–Trinajstić information content (AvgIpc) is 2.62. The summed E-state index contributed by atoms with van der Waals surface area (Å²) in [7, 11) is 1.58. The smallest absolute Gasteiger partial charge is 0.181 e. The Morgan fingerprint density at radius 1 is 1.00 bits per heavy atom. The lowest BCUT2D eigenvalue weighted by Crippen LogP contribution is -2.24. The highest BCUT2D eigenvalue weighted by atomic mass is 16.5. The quantitative estimate of drug-likeness (QED) is 0.746. The topological polar surface area (TPSA) is 51.2 Å². The Labute approximate surface area is 139 Å². The van der Waals surface area contributed by atoms with Gasteiger partial charge >= 0.3 is 0 Å². The van der Waals surface area contributed by atoms with Crippen molar-refractivity contribution in [1.29, 1.82) is 0 Å². The molecule has 0 saturated heterocycles. The summed E-state index contributed by atoms with van der Waals surface area (Å²) in [4.78, 5) is 16.3. The molecule has 1 atom stereocenters. The minimum absolute atomic E-state index is 0.0608. The Hall–Kier alpha value is -3.14. The summed E-state index contributed by atoms with van der Waals surface area (Å²) in [5, 5.41) is 5.59. The number of ketones is 1. The molecule has 2 aromatic carbocycles. The standard InChI is InChI=1S/C20H16N2O2/c1-24-19-12-13(23)10-11-18(19)22-20-14-6-2-4-8-16(14)21-17-9-5-3-7-15(17)20/h2-12,18H,1H3,(H,21,22). The highest BCUT2D eigenvalue weighted by Crippen LogP contribution is 2.32. The summed E-state index contributed by atoms with van der Waals surface area (Å²) in [6.07, 6.45) is 4.90. The monoisotopic (exact) mass is 316 g/mol. The molecular weight excluding hydrogens is 300 g/mol. The van der Waals surface area contributed by atoms with Crippen molar-refractivity contribution in [3.8, 4) is 0 Å². The Bertz CT molecular complexity index is 951. The largest absolute Gasteiger partial charge is 0.498 e. The zero-order valence-electron chi connectivity index (χ0n) is 13.2. The number of benzene rings is 2. The van der Waals surface area contributed by atoms with Crippen LogP contribution in [0.3, 0.4) is 0 Å². The Balaban J connectivity index is 1.89. The number of hydrogen-bond donors (Lipinski definition) is 1. The minimum Gasteiger partial charge on any atom is -0.498 e. The Morgan fingerprint density at radius 3 is 2.25 bits per heavy atom. The highest BCUT2D eigenvalue weighted by Gasteiger charge is 2.19. The van der Waals surface area contributed by atoms with Crippen LogP contribution in [-0.2, 0) is 9.53 Å². The third-order valence-corrected chi connectivity index (χ3v) is 4.17. The number of pyridine rings is 1. The molecule has 1 unspecified atom stereocenters. The molecule has 0 spiro atoms. The van der Waals surface area contributed by atoms with Crippen LogP contribution in [0.4, 0.5) is 5.69 Å². The number of nitrogens with zero attached hydrogens (tertiary/aromatic N) is 1. The molecule has 1 heterocycles. The zero-order chi connectivity index (χ0) is 16.5. The molecule has 1 N–H and O–H groups in total. The van der Waals surface area contributed by atoms with Gasteiger partial charge in [0.2, 0.25) is 0 Å². The van der Waals surface area contributed by atoms with E-state index >= 15 is 0 Å². The second kappa shape index (κ2) is 5.81. The van der Waals surface area contributed by atoms with Crippen molar-refractivity contribution in [2.75, 3.05) is 12.4 Å². The first-order chi connectivity index (χ1) is 11.8. The number of ether oxygens (including phenoxy) is 1. The molecule has 4 nitrogen and oxygen atoms in total. The van der Waals surface area contributed by atoms with Gasteiger partial charge in [-0.1, -0.05) is 42.5 Å². The number of fused-ring (bicyclic) bond motifs is 2. The van der Waals surface area contributed by atoms with Gasteiger partial charge in [-0.3, -0.25) is 4.79 Å². The molecule has 0 amide bonds. The van der Waals surface area contributed by atoms with Crippen LogP contribution in [0.1, 0.15) is 0 Å². The number of rotatable bonds is 3. The van der Waals surface area contributed by atoms with Crippen molar-refractivity contribution in [2.24, 2.45) is 0 Å². The number of para-hydroxylation sites is 2. The maximum Gasteiger partial charge on any atom is 0.181 e. The maximum atomic E-state index is 11.6. The molecule has 4 heteroatoms. The summed E-state index contributed by atoms with van der Waals surface area (Å²) in [6.45, 7) is 0. The summed E-state index contributed by atoms with van der Waals surface area (Å²) in [5.41, 5.74) is 2.85. The fourth-order valence-corrected chi connectivity index (χ4v) is 3.02. The Kier molecular flexibility index (Phi) is 3.50. The fourth-order valence-electron chi connectivity index (χ4n) is 3.02. The van der Waals surface area contributed by atoms with E-state index in [0.717, 1.165) is 27.5 Å². The average molecular weight is 316 g/mol. The molecule has 4 rings (SSSR count). The molecule has 1 aliphatic rings. The summed E-state index contributed by atoms with van der Waals surface area (Å²) in [5.74, 6) is 0.543. The van der Waals surface area contributed by atoms with Crippen LogP contribution in [0.5, 0.6) is 0 Å². The first-order valence-electron chi connectivity index (χ1n) is 7.78. The number of methoxy groups -OCH3 is 1. The zero-order valence-corrected chi connectivity index (χ0v) is 13.2. The highest BCUT2D eigenvalue weighted by molar-refractivity contribution is 6.08. The van der Waals surface area contributed by atoms with Gasteiger partial charge in [-0.05, 0) is 18.2 Å². The van der Waals surface area contributed by atoms with Gasteiger partial charge in [0.15, 0.2) is 5.78 Å². The summed E-state index contributed by atoms with van der Waals surface area (Å²) >= 11 is 0. The third kappa shape index (κ3) is 2.42. The van der Waals surface area contributed by atoms with E-state index < -0.39 is 0 Å². The van der Waals surface area contributed by atoms with E-state index in [1.165, 1.54) is 6.08 Å². The van der Waals surface area contributed by atoms with Crippen LogP contribution in [0.15, 0.2) is 72.5 Å². The molecule has 0 saturated carbocycles. The molecule has 0 bridgehead atoms. The van der Waals surface area contributed by atoms with Crippen molar-refractivity contribution >= 4 is 33.3 Å². The summed E-state index contributed by atoms with van der Waals surface area (Å²) < 4.78 is 5.38. The van der Waals surface area contributed by atoms with Crippen molar-refractivity contribution in [1.82, 2.24) is 4.98 Å². The minimum atomic E-state index is -0.193. The van der Waals surface area contributed by atoms with E-state index in [4.69, 9.17) is 9.72 Å². The first-order valence-corrected chi connectivity index (χ1v) is 7.78. The second-order valence-corrected chi connectivity index (χ2v) is 5.66. The van der Waals surface area contributed by atoms with Crippen LogP contribution in [0.25, 0.3) is 21.8 Å². The van der Waals surface area contributed by atoms with Crippen LogP contribution in [0, 0.1) is 0 Å². The van der Waals surface area contributed by atoms with E-state index in [2.05, 4.69) is 5.32 Å². The van der Waals surface area contributed by atoms with Gasteiger partial charge in [0, 0.05) is 16.8 Å². The molecular formula is C20H16N2O2. The maximum absolute atomic E-state index is 11.6. The molecule has 24 heavy (non-hydrogen) atoms. The van der Waals surface area contributed by atoms with Gasteiger partial charge in [-0.2, -0.15) is 0 Å². The molecule has 0 fully saturated rings. The fraction of sp³-hybridized carbons (Fsp3) is 0.100. The van der Waals surface area contributed by atoms with Crippen LogP contribution < -0.4 is 5.32 Å². The Morgan fingerprint density at radius 2 is 1.62 bits per heavy atom. The van der Waals surface area contributed by atoms with Gasteiger partial charge in [0.1, 0.15) is 11.8 Å². The van der Waals surface area contributed by atoms with E-state index in [1.54, 1.807) is 13.2 Å². The molecule has 0 aliphatic heterocycles. The van der Waals surface area contributed by atoms with Crippen molar-refractivity contribution < 1.29 is 9.53 Å². The number of nitrogens with one attached hydrogen (secondary N) is 1. The van der Waals surface area contributed by atoms with Crippen LogP contribution >= 0.6 is 0 Å².